The number of benzene rings is 1. The van der Waals surface area contributed by atoms with Gasteiger partial charge in [-0.05, 0) is 49.5 Å². The van der Waals surface area contributed by atoms with Gasteiger partial charge in [-0.1, -0.05) is 27.4 Å². The fourth-order valence-corrected chi connectivity index (χ4v) is 5.42. The van der Waals surface area contributed by atoms with E-state index in [1.54, 1.807) is 4.90 Å². The molecule has 1 aliphatic heterocycles. The number of nitrogens with zero attached hydrogens (tertiary/aromatic N) is 5. The minimum absolute atomic E-state index is 0. The van der Waals surface area contributed by atoms with Crippen molar-refractivity contribution in [3.8, 4) is 0 Å². The van der Waals surface area contributed by atoms with Crippen molar-refractivity contribution in [3.63, 3.8) is 0 Å². The largest absolute Gasteiger partial charge is 0.379 e. The number of hydrogen-bond acceptors (Lipinski definition) is 8. The van der Waals surface area contributed by atoms with Crippen LogP contribution in [0.5, 0.6) is 0 Å². The van der Waals surface area contributed by atoms with Gasteiger partial charge in [-0.2, -0.15) is 0 Å². The van der Waals surface area contributed by atoms with Gasteiger partial charge in [0.2, 0.25) is 0 Å². The molecule has 0 bridgehead atoms. The molecule has 1 amide bonds. The predicted molar refractivity (Wildman–Crippen MR) is 125 cm³/mol. The van der Waals surface area contributed by atoms with E-state index >= 15 is 0 Å². The van der Waals surface area contributed by atoms with E-state index in [0.29, 0.717) is 27.3 Å². The molecule has 1 aromatic carbocycles. The van der Waals surface area contributed by atoms with Crippen molar-refractivity contribution in [3.05, 3.63) is 33.3 Å². The van der Waals surface area contributed by atoms with E-state index < -0.39 is 0 Å². The molecule has 0 unspecified atom stereocenters. The maximum absolute atomic E-state index is 13.3. The molecule has 0 spiro atoms. The van der Waals surface area contributed by atoms with Crippen LogP contribution < -0.4 is 4.90 Å². The topological polar surface area (TPSA) is 71.5 Å². The lowest BCUT2D eigenvalue weighted by Crippen LogP contribution is -2.39. The summed E-state index contributed by atoms with van der Waals surface area (Å²) >= 11 is 8.84. The lowest BCUT2D eigenvalue weighted by molar-refractivity contribution is 0.0376. The van der Waals surface area contributed by atoms with Crippen molar-refractivity contribution in [1.82, 2.24) is 19.5 Å². The van der Waals surface area contributed by atoms with Crippen molar-refractivity contribution >= 4 is 68.1 Å². The zero-order valence-corrected chi connectivity index (χ0v) is 20.0. The van der Waals surface area contributed by atoms with Crippen LogP contribution in [0.25, 0.3) is 10.2 Å². The Labute approximate surface area is 194 Å². The van der Waals surface area contributed by atoms with Gasteiger partial charge in [0.15, 0.2) is 5.13 Å². The summed E-state index contributed by atoms with van der Waals surface area (Å²) in [5, 5.41) is 5.36. The quantitative estimate of drug-likeness (QED) is 0.518. The summed E-state index contributed by atoms with van der Waals surface area (Å²) < 4.78 is 10.3. The van der Waals surface area contributed by atoms with Crippen LogP contribution >= 0.6 is 46.9 Å². The summed E-state index contributed by atoms with van der Waals surface area (Å²) in [5.74, 6) is -0.0951. The van der Waals surface area contributed by atoms with Crippen LogP contribution in [0.15, 0.2) is 12.1 Å². The van der Waals surface area contributed by atoms with Crippen molar-refractivity contribution < 1.29 is 9.53 Å². The number of carbonyl (C=O) groups is 1. The fourth-order valence-electron chi connectivity index (χ4n) is 3.37. The fraction of sp³-hybridized carbons (Fsp3) is 0.474. The molecule has 7 nitrogen and oxygen atoms in total. The predicted octanol–water partition coefficient (Wildman–Crippen LogP) is 4.21. The molecule has 0 aliphatic carbocycles. The molecule has 162 valence electrons. The molecule has 30 heavy (non-hydrogen) atoms. The number of carbonyl (C=O) groups excluding carboxylic acids is 1. The number of hydrogen-bond donors (Lipinski definition) is 0. The number of rotatable bonds is 6. The highest BCUT2D eigenvalue weighted by Gasteiger charge is 2.25. The molecule has 1 saturated heterocycles. The minimum atomic E-state index is -0.0951. The van der Waals surface area contributed by atoms with Crippen molar-refractivity contribution in [2.24, 2.45) is 0 Å². The summed E-state index contributed by atoms with van der Waals surface area (Å²) in [4.78, 5) is 22.8. The van der Waals surface area contributed by atoms with Gasteiger partial charge in [-0.3, -0.25) is 14.6 Å². The molecule has 0 N–H and O–H groups in total. The standard InChI is InChI=1S/C19H22ClN5O2S2.ClH/c1-12-10-14(20)11-15-16(12)21-19(28-15)25(18(26)17-13(2)22-23-29-17)5-3-4-24-6-8-27-9-7-24;/h10-11H,3-9H2,1-2H3;1H. The molecule has 1 fully saturated rings. The third kappa shape index (κ3) is 5.09. The van der Waals surface area contributed by atoms with Gasteiger partial charge in [0.25, 0.3) is 5.91 Å². The Kier molecular flexibility index (Phi) is 8.00. The molecule has 0 atom stereocenters. The number of fused-ring (bicyclic) bond motifs is 1. The van der Waals surface area contributed by atoms with Crippen LogP contribution in [0.2, 0.25) is 5.02 Å². The number of ether oxygens (including phenoxy) is 1. The van der Waals surface area contributed by atoms with E-state index in [-0.39, 0.29) is 18.3 Å². The van der Waals surface area contributed by atoms with E-state index in [0.717, 1.165) is 66.6 Å². The summed E-state index contributed by atoms with van der Waals surface area (Å²) in [6.07, 6.45) is 0.854. The first-order valence-electron chi connectivity index (χ1n) is 9.50. The SMILES string of the molecule is Cc1nnsc1C(=O)N(CCCN1CCOCC1)c1nc2c(C)cc(Cl)cc2s1.Cl. The van der Waals surface area contributed by atoms with Crippen molar-refractivity contribution in [2.45, 2.75) is 20.3 Å². The molecule has 3 aromatic rings. The molecular formula is C19H23Cl2N5O2S2. The molecule has 0 radical (unpaired) electrons. The highest BCUT2D eigenvalue weighted by atomic mass is 35.5. The summed E-state index contributed by atoms with van der Waals surface area (Å²) in [5.41, 5.74) is 2.55. The minimum Gasteiger partial charge on any atom is -0.379 e. The molecule has 4 rings (SSSR count). The van der Waals surface area contributed by atoms with Gasteiger partial charge >= 0.3 is 0 Å². The zero-order chi connectivity index (χ0) is 20.4. The van der Waals surface area contributed by atoms with Crippen LogP contribution in [0, 0.1) is 13.8 Å². The van der Waals surface area contributed by atoms with Crippen LogP contribution in [-0.4, -0.2) is 64.8 Å². The van der Waals surface area contributed by atoms with Gasteiger partial charge in [0.1, 0.15) is 4.88 Å². The first-order chi connectivity index (χ1) is 14.0. The number of aryl methyl sites for hydroxylation is 2. The Balaban J connectivity index is 0.00000256. The third-order valence-electron chi connectivity index (χ3n) is 4.92. The summed E-state index contributed by atoms with van der Waals surface area (Å²) in [6, 6.07) is 3.80. The number of morpholine rings is 1. The number of aromatic nitrogens is 3. The van der Waals surface area contributed by atoms with E-state index in [1.165, 1.54) is 11.3 Å². The average molecular weight is 488 g/mol. The highest BCUT2D eigenvalue weighted by Crippen LogP contribution is 2.34. The van der Waals surface area contributed by atoms with Gasteiger partial charge in [-0.15, -0.1) is 17.5 Å². The molecule has 0 saturated carbocycles. The number of anilines is 1. The van der Waals surface area contributed by atoms with Gasteiger partial charge < -0.3 is 4.74 Å². The lowest BCUT2D eigenvalue weighted by Gasteiger charge is -2.27. The first kappa shape index (κ1) is 23.3. The average Bonchev–Trinajstić information content (AvgIpc) is 3.32. The Morgan fingerprint density at radius 2 is 2.07 bits per heavy atom. The highest BCUT2D eigenvalue weighted by molar-refractivity contribution is 7.22. The Morgan fingerprint density at radius 3 is 2.77 bits per heavy atom. The second kappa shape index (κ2) is 10.3. The monoisotopic (exact) mass is 487 g/mol. The first-order valence-corrected chi connectivity index (χ1v) is 11.5. The molecule has 3 heterocycles. The van der Waals surface area contributed by atoms with Crippen LogP contribution in [0.1, 0.15) is 27.3 Å². The lowest BCUT2D eigenvalue weighted by atomic mass is 10.2. The molecular weight excluding hydrogens is 465 g/mol. The van der Waals surface area contributed by atoms with E-state index in [1.807, 2.05) is 26.0 Å². The maximum atomic E-state index is 13.3. The van der Waals surface area contributed by atoms with Crippen LogP contribution in [0.3, 0.4) is 0 Å². The Bertz CT molecular complexity index is 1020. The zero-order valence-electron chi connectivity index (χ0n) is 16.8. The Morgan fingerprint density at radius 1 is 1.30 bits per heavy atom. The van der Waals surface area contributed by atoms with E-state index in [4.69, 9.17) is 21.3 Å². The van der Waals surface area contributed by atoms with Gasteiger partial charge in [0, 0.05) is 31.2 Å². The number of halogens is 2. The molecule has 1 aliphatic rings. The second-order valence-electron chi connectivity index (χ2n) is 7.02. The smallest absolute Gasteiger partial charge is 0.273 e. The van der Waals surface area contributed by atoms with E-state index in [9.17, 15) is 4.79 Å². The van der Waals surface area contributed by atoms with Gasteiger partial charge in [-0.25, -0.2) is 4.98 Å². The maximum Gasteiger partial charge on any atom is 0.273 e. The third-order valence-corrected chi connectivity index (χ3v) is 6.98. The summed E-state index contributed by atoms with van der Waals surface area (Å²) in [7, 11) is 0. The van der Waals surface area contributed by atoms with Crippen LogP contribution in [0.4, 0.5) is 5.13 Å². The summed E-state index contributed by atoms with van der Waals surface area (Å²) in [6.45, 7) is 8.71. The molecule has 2 aromatic heterocycles. The van der Waals surface area contributed by atoms with Crippen molar-refractivity contribution in [1.29, 1.82) is 0 Å². The second-order valence-corrected chi connectivity index (χ2v) is 9.22. The van der Waals surface area contributed by atoms with Crippen LogP contribution in [-0.2, 0) is 4.74 Å². The van der Waals surface area contributed by atoms with Gasteiger partial charge in [0.05, 0.1) is 29.1 Å². The van der Waals surface area contributed by atoms with E-state index in [2.05, 4.69) is 14.5 Å². The number of thiazole rings is 1. The Hall–Kier alpha value is -1.36. The number of amides is 1. The van der Waals surface area contributed by atoms with Crippen molar-refractivity contribution in [2.75, 3.05) is 44.3 Å². The molecule has 11 heteroatoms. The normalized spacial score (nSPS) is 14.6.